The van der Waals surface area contributed by atoms with Crippen molar-refractivity contribution in [2.24, 2.45) is 5.92 Å². The molecular formula is C27H38O7SSi. The fourth-order valence-corrected chi connectivity index (χ4v) is 6.81. The molecule has 1 aliphatic carbocycles. The van der Waals surface area contributed by atoms with Gasteiger partial charge in [0, 0.05) is 5.92 Å². The van der Waals surface area contributed by atoms with Crippen LogP contribution in [0.4, 0.5) is 0 Å². The molecule has 0 amide bonds. The summed E-state index contributed by atoms with van der Waals surface area (Å²) in [6.45, 7) is 12.0. The van der Waals surface area contributed by atoms with Crippen molar-refractivity contribution in [3.8, 4) is 0 Å². The van der Waals surface area contributed by atoms with E-state index >= 15 is 0 Å². The molecule has 0 aromatic heterocycles. The van der Waals surface area contributed by atoms with Gasteiger partial charge in [-0.3, -0.25) is 0 Å². The maximum Gasteiger partial charge on any atom is 0.400 e. The quantitative estimate of drug-likeness (QED) is 0.408. The van der Waals surface area contributed by atoms with E-state index in [4.69, 9.17) is 22.3 Å². The number of fused-ring (bicyclic) bond motifs is 1. The van der Waals surface area contributed by atoms with Crippen LogP contribution in [0.15, 0.2) is 60.7 Å². The molecular weight excluding hydrogens is 496 g/mol. The smallest absolute Gasteiger partial charge is 0.400 e. The number of hydrogen-bond acceptors (Lipinski definition) is 7. The molecule has 2 aromatic carbocycles. The second-order valence-corrected chi connectivity index (χ2v) is 17.2. The predicted molar refractivity (Wildman–Crippen MR) is 140 cm³/mol. The van der Waals surface area contributed by atoms with Gasteiger partial charge in [0.15, 0.2) is 8.32 Å². The fraction of sp³-hybridized carbons (Fsp3) is 0.556. The van der Waals surface area contributed by atoms with Crippen LogP contribution in [0.5, 0.6) is 0 Å². The van der Waals surface area contributed by atoms with Crippen molar-refractivity contribution < 1.29 is 30.7 Å². The van der Waals surface area contributed by atoms with Crippen LogP contribution in [0.3, 0.4) is 0 Å². The largest absolute Gasteiger partial charge is 0.408 e. The Morgan fingerprint density at radius 1 is 0.889 bits per heavy atom. The van der Waals surface area contributed by atoms with E-state index in [-0.39, 0.29) is 11.0 Å². The molecule has 2 fully saturated rings. The Balaban J connectivity index is 1.60. The van der Waals surface area contributed by atoms with Crippen LogP contribution in [0, 0.1) is 5.92 Å². The molecule has 1 saturated carbocycles. The van der Waals surface area contributed by atoms with Crippen LogP contribution >= 0.6 is 0 Å². The molecule has 0 unspecified atom stereocenters. The van der Waals surface area contributed by atoms with E-state index in [1.165, 1.54) is 0 Å². The predicted octanol–water partition coefficient (Wildman–Crippen LogP) is 5.23. The Hall–Kier alpha value is -1.59. The molecule has 2 aromatic rings. The molecule has 7 nitrogen and oxygen atoms in total. The highest BCUT2D eigenvalue weighted by molar-refractivity contribution is 7.82. The van der Waals surface area contributed by atoms with Gasteiger partial charge in [0.05, 0.1) is 25.9 Å². The van der Waals surface area contributed by atoms with Gasteiger partial charge in [0.2, 0.25) is 0 Å². The number of ether oxygens (including phenoxy) is 2. The Morgan fingerprint density at radius 2 is 1.47 bits per heavy atom. The molecule has 0 bridgehead atoms. The maximum atomic E-state index is 12.3. The summed E-state index contributed by atoms with van der Waals surface area (Å²) < 4.78 is 55.0. The monoisotopic (exact) mass is 534 g/mol. The van der Waals surface area contributed by atoms with Crippen LogP contribution in [0.25, 0.3) is 0 Å². The SMILES string of the molecule is CC(C)(C)[Si](C)(C)O[C@H]1[C@H](OCc2ccccc2)[C@@H](COCc2ccccc2)C[C@H]2OS(=O)(=O)O[C@@H]12. The first-order valence-electron chi connectivity index (χ1n) is 12.5. The number of benzene rings is 2. The minimum atomic E-state index is -4.09. The lowest BCUT2D eigenvalue weighted by molar-refractivity contribution is -0.154. The van der Waals surface area contributed by atoms with Crippen LogP contribution < -0.4 is 0 Å². The van der Waals surface area contributed by atoms with Gasteiger partial charge in [-0.25, -0.2) is 8.37 Å². The standard InChI is InChI=1S/C27H38O7SSi/c1-27(2,3)36(4,5)34-26-24(31-18-21-14-10-7-11-15-21)22(16-23-25(26)33-35(28,29)32-23)19-30-17-20-12-8-6-9-13-20/h6-15,22-26H,16-19H2,1-5H3/t22-,23-,24-,25-,26+/m1/s1. The number of rotatable bonds is 9. The second-order valence-electron chi connectivity index (χ2n) is 11.2. The average Bonchev–Trinajstić information content (AvgIpc) is 3.13. The third-order valence-electron chi connectivity index (χ3n) is 7.45. The van der Waals surface area contributed by atoms with Crippen molar-refractivity contribution in [2.45, 2.75) is 83.0 Å². The molecule has 0 N–H and O–H groups in total. The molecule has 0 spiro atoms. The highest BCUT2D eigenvalue weighted by Gasteiger charge is 2.56. The van der Waals surface area contributed by atoms with Crippen LogP contribution in [0.1, 0.15) is 38.3 Å². The summed E-state index contributed by atoms with van der Waals surface area (Å²) in [5.74, 6) is -0.134. The topological polar surface area (TPSA) is 80.3 Å². The normalized spacial score (nSPS) is 28.1. The molecule has 198 valence electrons. The number of hydrogen-bond donors (Lipinski definition) is 0. The highest BCUT2D eigenvalue weighted by atomic mass is 32.3. The molecule has 5 atom stereocenters. The molecule has 36 heavy (non-hydrogen) atoms. The van der Waals surface area contributed by atoms with Gasteiger partial charge in [-0.1, -0.05) is 81.4 Å². The van der Waals surface area contributed by atoms with Crippen molar-refractivity contribution in [1.29, 1.82) is 0 Å². The van der Waals surface area contributed by atoms with Gasteiger partial charge < -0.3 is 13.9 Å². The minimum Gasteiger partial charge on any atom is -0.408 e. The van der Waals surface area contributed by atoms with E-state index in [9.17, 15) is 8.42 Å². The summed E-state index contributed by atoms with van der Waals surface area (Å²) in [7, 11) is -6.40. The van der Waals surface area contributed by atoms with Crippen molar-refractivity contribution in [3.63, 3.8) is 0 Å². The Morgan fingerprint density at radius 3 is 2.06 bits per heavy atom. The highest BCUT2D eigenvalue weighted by Crippen LogP contribution is 2.44. The van der Waals surface area contributed by atoms with Gasteiger partial charge in [-0.15, -0.1) is 0 Å². The Bertz CT molecular complexity index is 1090. The second kappa shape index (κ2) is 11.0. The van der Waals surface area contributed by atoms with E-state index in [1.54, 1.807) is 0 Å². The lowest BCUT2D eigenvalue weighted by Gasteiger charge is -2.47. The molecule has 1 saturated heterocycles. The zero-order valence-electron chi connectivity index (χ0n) is 21.8. The zero-order chi connectivity index (χ0) is 26.0. The molecule has 4 rings (SSSR count). The average molecular weight is 535 g/mol. The summed E-state index contributed by atoms with van der Waals surface area (Å²) in [6.07, 6.45) is -1.97. The summed E-state index contributed by atoms with van der Waals surface area (Å²) in [4.78, 5) is 0. The van der Waals surface area contributed by atoms with E-state index in [1.807, 2.05) is 60.7 Å². The van der Waals surface area contributed by atoms with Crippen LogP contribution in [-0.4, -0.2) is 47.8 Å². The molecule has 1 heterocycles. The van der Waals surface area contributed by atoms with Crippen LogP contribution in [0.2, 0.25) is 18.1 Å². The molecule has 2 aliphatic rings. The molecule has 1 aliphatic heterocycles. The van der Waals surface area contributed by atoms with Crippen molar-refractivity contribution in [3.05, 3.63) is 71.8 Å². The first-order valence-corrected chi connectivity index (χ1v) is 16.8. The van der Waals surface area contributed by atoms with Gasteiger partial charge in [0.1, 0.15) is 18.3 Å². The zero-order valence-corrected chi connectivity index (χ0v) is 23.6. The first kappa shape index (κ1) is 27.4. The summed E-state index contributed by atoms with van der Waals surface area (Å²) in [6, 6.07) is 19.9. The van der Waals surface area contributed by atoms with Crippen molar-refractivity contribution >= 4 is 18.7 Å². The first-order chi connectivity index (χ1) is 17.0. The Labute approximate surface area is 216 Å². The van der Waals surface area contributed by atoms with Gasteiger partial charge in [0.25, 0.3) is 0 Å². The third-order valence-corrected chi connectivity index (χ3v) is 12.9. The van der Waals surface area contributed by atoms with Gasteiger partial charge in [-0.2, -0.15) is 8.42 Å². The minimum absolute atomic E-state index is 0.0818. The maximum absolute atomic E-state index is 12.3. The van der Waals surface area contributed by atoms with Gasteiger partial charge in [-0.05, 0) is 35.7 Å². The lowest BCUT2D eigenvalue weighted by atomic mass is 9.81. The fourth-order valence-electron chi connectivity index (χ4n) is 4.47. The lowest BCUT2D eigenvalue weighted by Crippen LogP contribution is -2.59. The summed E-state index contributed by atoms with van der Waals surface area (Å²) in [5.41, 5.74) is 2.11. The van der Waals surface area contributed by atoms with Crippen LogP contribution in [-0.2, 0) is 45.9 Å². The molecule has 0 radical (unpaired) electrons. The van der Waals surface area contributed by atoms with E-state index in [0.717, 1.165) is 11.1 Å². The third kappa shape index (κ3) is 6.64. The van der Waals surface area contributed by atoms with Crippen molar-refractivity contribution in [1.82, 2.24) is 0 Å². The van der Waals surface area contributed by atoms with E-state index in [0.29, 0.717) is 26.2 Å². The molecule has 9 heteroatoms. The summed E-state index contributed by atoms with van der Waals surface area (Å²) >= 11 is 0. The van der Waals surface area contributed by atoms with Gasteiger partial charge >= 0.3 is 10.4 Å². The Kier molecular flexibility index (Phi) is 8.41. The van der Waals surface area contributed by atoms with E-state index < -0.39 is 43.1 Å². The van der Waals surface area contributed by atoms with E-state index in [2.05, 4.69) is 33.9 Å². The van der Waals surface area contributed by atoms with Crippen molar-refractivity contribution in [2.75, 3.05) is 6.61 Å². The summed E-state index contributed by atoms with van der Waals surface area (Å²) in [5, 5.41) is -0.0818.